The van der Waals surface area contributed by atoms with Gasteiger partial charge in [-0.1, -0.05) is 0 Å². The Bertz CT molecular complexity index is 563. The molecule has 0 bridgehead atoms. The monoisotopic (exact) mass is 274 g/mol. The zero-order chi connectivity index (χ0) is 14.4. The summed E-state index contributed by atoms with van der Waals surface area (Å²) in [5.74, 6) is 0.677. The Morgan fingerprint density at radius 1 is 1.35 bits per heavy atom. The van der Waals surface area contributed by atoms with E-state index in [-0.39, 0.29) is 5.91 Å². The summed E-state index contributed by atoms with van der Waals surface area (Å²) in [5.41, 5.74) is 1.74. The molecular weight excluding hydrogens is 256 g/mol. The predicted molar refractivity (Wildman–Crippen MR) is 78.2 cm³/mol. The van der Waals surface area contributed by atoms with E-state index in [1.54, 1.807) is 13.3 Å². The molecule has 2 N–H and O–H groups in total. The van der Waals surface area contributed by atoms with Crippen molar-refractivity contribution in [3.05, 3.63) is 36.7 Å². The number of aromatic nitrogens is 2. The first-order valence-corrected chi connectivity index (χ1v) is 6.35. The SMILES string of the molecule is COCCNc1nccn1-c1ccc(NC(C)=O)cc1. The van der Waals surface area contributed by atoms with Crippen molar-refractivity contribution < 1.29 is 9.53 Å². The summed E-state index contributed by atoms with van der Waals surface area (Å²) in [6.07, 6.45) is 3.61. The van der Waals surface area contributed by atoms with Gasteiger partial charge in [0.2, 0.25) is 11.9 Å². The number of methoxy groups -OCH3 is 1. The van der Waals surface area contributed by atoms with Crippen LogP contribution in [-0.2, 0) is 9.53 Å². The summed E-state index contributed by atoms with van der Waals surface area (Å²) in [6.45, 7) is 2.80. The number of rotatable bonds is 6. The molecule has 0 unspecified atom stereocenters. The van der Waals surface area contributed by atoms with Gasteiger partial charge in [0.1, 0.15) is 0 Å². The second-order valence-electron chi connectivity index (χ2n) is 4.27. The molecule has 0 atom stereocenters. The molecule has 1 aromatic heterocycles. The highest BCUT2D eigenvalue weighted by Crippen LogP contribution is 2.17. The van der Waals surface area contributed by atoms with Gasteiger partial charge in [-0.05, 0) is 24.3 Å². The number of hydrogen-bond acceptors (Lipinski definition) is 4. The normalized spacial score (nSPS) is 10.3. The van der Waals surface area contributed by atoms with Crippen LogP contribution in [0.2, 0.25) is 0 Å². The number of carbonyl (C=O) groups is 1. The van der Waals surface area contributed by atoms with Crippen LogP contribution in [0.1, 0.15) is 6.92 Å². The molecule has 0 saturated heterocycles. The average Bonchev–Trinajstić information content (AvgIpc) is 2.88. The van der Waals surface area contributed by atoms with Crippen molar-refractivity contribution in [2.75, 3.05) is 30.9 Å². The van der Waals surface area contributed by atoms with Crippen molar-refractivity contribution in [3.63, 3.8) is 0 Å². The highest BCUT2D eigenvalue weighted by molar-refractivity contribution is 5.88. The third kappa shape index (κ3) is 3.58. The van der Waals surface area contributed by atoms with E-state index in [9.17, 15) is 4.79 Å². The van der Waals surface area contributed by atoms with E-state index in [0.29, 0.717) is 13.2 Å². The zero-order valence-electron chi connectivity index (χ0n) is 11.6. The van der Waals surface area contributed by atoms with Gasteiger partial charge in [-0.2, -0.15) is 0 Å². The maximum absolute atomic E-state index is 11.0. The summed E-state index contributed by atoms with van der Waals surface area (Å²) in [7, 11) is 1.66. The number of nitrogens with one attached hydrogen (secondary N) is 2. The Balaban J connectivity index is 2.11. The molecule has 6 nitrogen and oxygen atoms in total. The predicted octanol–water partition coefficient (Wildman–Crippen LogP) is 1.89. The second kappa shape index (κ2) is 6.72. The van der Waals surface area contributed by atoms with Gasteiger partial charge in [-0.3, -0.25) is 9.36 Å². The Labute approximate surface area is 117 Å². The van der Waals surface area contributed by atoms with E-state index in [2.05, 4.69) is 15.6 Å². The number of benzene rings is 1. The Kier molecular flexibility index (Phi) is 4.73. The zero-order valence-corrected chi connectivity index (χ0v) is 11.6. The van der Waals surface area contributed by atoms with Crippen LogP contribution < -0.4 is 10.6 Å². The van der Waals surface area contributed by atoms with Gasteiger partial charge >= 0.3 is 0 Å². The molecule has 0 spiro atoms. The van der Waals surface area contributed by atoms with Gasteiger partial charge in [0, 0.05) is 44.3 Å². The third-order valence-electron chi connectivity index (χ3n) is 2.70. The molecular formula is C14H18N4O2. The lowest BCUT2D eigenvalue weighted by molar-refractivity contribution is -0.114. The molecule has 0 aliphatic heterocycles. The fraction of sp³-hybridized carbons (Fsp3) is 0.286. The maximum atomic E-state index is 11.0. The molecule has 2 aromatic rings. The van der Waals surface area contributed by atoms with Crippen molar-refractivity contribution in [2.24, 2.45) is 0 Å². The molecule has 0 fully saturated rings. The average molecular weight is 274 g/mol. The molecule has 1 amide bonds. The van der Waals surface area contributed by atoms with Crippen molar-refractivity contribution in [3.8, 4) is 5.69 Å². The van der Waals surface area contributed by atoms with Crippen molar-refractivity contribution >= 4 is 17.5 Å². The van der Waals surface area contributed by atoms with Gasteiger partial charge in [-0.25, -0.2) is 4.98 Å². The topological polar surface area (TPSA) is 68.2 Å². The lowest BCUT2D eigenvalue weighted by atomic mass is 10.2. The van der Waals surface area contributed by atoms with Crippen molar-refractivity contribution in [1.82, 2.24) is 9.55 Å². The number of amides is 1. The highest BCUT2D eigenvalue weighted by atomic mass is 16.5. The molecule has 0 aliphatic rings. The molecule has 2 rings (SSSR count). The molecule has 20 heavy (non-hydrogen) atoms. The molecule has 0 radical (unpaired) electrons. The third-order valence-corrected chi connectivity index (χ3v) is 2.70. The van der Waals surface area contributed by atoms with Crippen LogP contribution in [0.5, 0.6) is 0 Å². The van der Waals surface area contributed by atoms with Crippen LogP contribution in [0.25, 0.3) is 5.69 Å². The van der Waals surface area contributed by atoms with E-state index in [1.165, 1.54) is 6.92 Å². The Hall–Kier alpha value is -2.34. The number of hydrogen-bond donors (Lipinski definition) is 2. The fourth-order valence-corrected chi connectivity index (χ4v) is 1.82. The largest absolute Gasteiger partial charge is 0.383 e. The Morgan fingerprint density at radius 3 is 2.75 bits per heavy atom. The number of ether oxygens (including phenoxy) is 1. The fourth-order valence-electron chi connectivity index (χ4n) is 1.82. The molecule has 6 heteroatoms. The van der Waals surface area contributed by atoms with Crippen LogP contribution in [-0.4, -0.2) is 35.7 Å². The molecule has 106 valence electrons. The number of nitrogens with zero attached hydrogens (tertiary/aromatic N) is 2. The summed E-state index contributed by atoms with van der Waals surface area (Å²) in [6, 6.07) is 7.56. The van der Waals surface area contributed by atoms with Crippen LogP contribution >= 0.6 is 0 Å². The number of imidazole rings is 1. The summed E-state index contributed by atoms with van der Waals surface area (Å²) >= 11 is 0. The van der Waals surface area contributed by atoms with Crippen LogP contribution in [0, 0.1) is 0 Å². The molecule has 0 saturated carbocycles. The minimum absolute atomic E-state index is 0.0812. The first kappa shape index (κ1) is 14.1. The maximum Gasteiger partial charge on any atom is 0.221 e. The number of anilines is 2. The van der Waals surface area contributed by atoms with Gasteiger partial charge in [-0.15, -0.1) is 0 Å². The smallest absolute Gasteiger partial charge is 0.221 e. The standard InChI is InChI=1S/C14H18N4O2/c1-11(19)17-12-3-5-13(6-4-12)18-9-7-15-14(18)16-8-10-20-2/h3-7,9H,8,10H2,1-2H3,(H,15,16)(H,17,19). The molecule has 1 aromatic carbocycles. The number of carbonyl (C=O) groups excluding carboxylic acids is 1. The summed E-state index contributed by atoms with van der Waals surface area (Å²) in [5, 5.41) is 5.93. The van der Waals surface area contributed by atoms with E-state index in [0.717, 1.165) is 17.3 Å². The van der Waals surface area contributed by atoms with Crippen LogP contribution in [0.15, 0.2) is 36.7 Å². The van der Waals surface area contributed by atoms with Crippen molar-refractivity contribution in [2.45, 2.75) is 6.92 Å². The lowest BCUT2D eigenvalue weighted by Crippen LogP contribution is -2.11. The van der Waals surface area contributed by atoms with E-state index in [1.807, 2.05) is 35.0 Å². The Morgan fingerprint density at radius 2 is 2.10 bits per heavy atom. The van der Waals surface area contributed by atoms with Crippen molar-refractivity contribution in [1.29, 1.82) is 0 Å². The van der Waals surface area contributed by atoms with Gasteiger partial charge < -0.3 is 15.4 Å². The minimum Gasteiger partial charge on any atom is -0.383 e. The van der Waals surface area contributed by atoms with Crippen LogP contribution in [0.4, 0.5) is 11.6 Å². The first-order chi connectivity index (χ1) is 9.70. The first-order valence-electron chi connectivity index (χ1n) is 6.35. The summed E-state index contributed by atoms with van der Waals surface area (Å²) < 4.78 is 6.94. The summed E-state index contributed by atoms with van der Waals surface area (Å²) in [4.78, 5) is 15.2. The minimum atomic E-state index is -0.0812. The van der Waals surface area contributed by atoms with Gasteiger partial charge in [0.25, 0.3) is 0 Å². The van der Waals surface area contributed by atoms with E-state index < -0.39 is 0 Å². The van der Waals surface area contributed by atoms with Gasteiger partial charge in [0.15, 0.2) is 0 Å². The second-order valence-corrected chi connectivity index (χ2v) is 4.27. The van der Waals surface area contributed by atoms with Crippen LogP contribution in [0.3, 0.4) is 0 Å². The lowest BCUT2D eigenvalue weighted by Gasteiger charge is -2.10. The highest BCUT2D eigenvalue weighted by Gasteiger charge is 2.04. The van der Waals surface area contributed by atoms with E-state index in [4.69, 9.17) is 4.74 Å². The molecule has 0 aliphatic carbocycles. The van der Waals surface area contributed by atoms with E-state index >= 15 is 0 Å². The quantitative estimate of drug-likeness (QED) is 0.789. The molecule has 1 heterocycles. The van der Waals surface area contributed by atoms with Gasteiger partial charge in [0.05, 0.1) is 6.61 Å².